The fourth-order valence-corrected chi connectivity index (χ4v) is 2.47. The van der Waals surface area contributed by atoms with Gasteiger partial charge in [0.1, 0.15) is 6.04 Å². The summed E-state index contributed by atoms with van der Waals surface area (Å²) in [6.45, 7) is 4.34. The van der Waals surface area contributed by atoms with E-state index in [2.05, 4.69) is 5.32 Å². The lowest BCUT2D eigenvalue weighted by molar-refractivity contribution is -0.138. The molecule has 0 aromatic carbocycles. The molecule has 0 aromatic rings. The summed E-state index contributed by atoms with van der Waals surface area (Å²) < 4.78 is 0. The molecule has 1 aliphatic rings. The van der Waals surface area contributed by atoms with Gasteiger partial charge < -0.3 is 15.3 Å². The molecule has 2 unspecified atom stereocenters. The molecule has 0 spiro atoms. The van der Waals surface area contributed by atoms with Gasteiger partial charge in [-0.3, -0.25) is 14.4 Å². The van der Waals surface area contributed by atoms with Crippen LogP contribution in [-0.4, -0.2) is 46.9 Å². The number of hydrogen-bond donors (Lipinski definition) is 2. The van der Waals surface area contributed by atoms with Crippen molar-refractivity contribution in [1.29, 1.82) is 0 Å². The molecule has 0 bridgehead atoms. The van der Waals surface area contributed by atoms with Gasteiger partial charge >= 0.3 is 5.97 Å². The van der Waals surface area contributed by atoms with Gasteiger partial charge in [-0.05, 0) is 32.1 Å². The number of carboxylic acids is 1. The number of carbonyl (C=O) groups is 3. The largest absolute Gasteiger partial charge is 0.481 e. The molecule has 0 radical (unpaired) electrons. The van der Waals surface area contributed by atoms with Crippen molar-refractivity contribution in [3.8, 4) is 0 Å². The van der Waals surface area contributed by atoms with Crippen LogP contribution >= 0.6 is 0 Å². The van der Waals surface area contributed by atoms with E-state index in [1.165, 1.54) is 6.92 Å². The van der Waals surface area contributed by atoms with E-state index in [0.717, 1.165) is 12.8 Å². The molecular formula is C13H22N2O4. The molecular weight excluding hydrogens is 248 g/mol. The first kappa shape index (κ1) is 15.5. The maximum Gasteiger partial charge on any atom is 0.303 e. The lowest BCUT2D eigenvalue weighted by Crippen LogP contribution is -2.49. The predicted octanol–water partition coefficient (Wildman–Crippen LogP) is 0.614. The highest BCUT2D eigenvalue weighted by molar-refractivity contribution is 5.86. The number of amides is 2. The second-order valence-electron chi connectivity index (χ2n) is 5.15. The van der Waals surface area contributed by atoms with E-state index >= 15 is 0 Å². The summed E-state index contributed by atoms with van der Waals surface area (Å²) in [5.74, 6) is -0.857. The van der Waals surface area contributed by atoms with Crippen molar-refractivity contribution in [3.05, 3.63) is 0 Å². The van der Waals surface area contributed by atoms with Crippen molar-refractivity contribution in [2.45, 2.75) is 45.6 Å². The molecule has 0 aliphatic carbocycles. The first-order valence-electron chi connectivity index (χ1n) is 6.68. The summed E-state index contributed by atoms with van der Waals surface area (Å²) in [5.41, 5.74) is 0. The highest BCUT2D eigenvalue weighted by Gasteiger charge is 2.27. The fraction of sp³-hybridized carbons (Fsp3) is 0.769. The Morgan fingerprint density at radius 1 is 1.42 bits per heavy atom. The molecule has 1 saturated heterocycles. The number of rotatable bonds is 5. The van der Waals surface area contributed by atoms with Gasteiger partial charge in [0.15, 0.2) is 0 Å². The van der Waals surface area contributed by atoms with Crippen LogP contribution in [0.15, 0.2) is 0 Å². The van der Waals surface area contributed by atoms with Crippen molar-refractivity contribution >= 4 is 17.8 Å². The van der Waals surface area contributed by atoms with Gasteiger partial charge in [-0.1, -0.05) is 0 Å². The van der Waals surface area contributed by atoms with Gasteiger partial charge in [0.05, 0.1) is 0 Å². The average Bonchev–Trinajstić information content (AvgIpc) is 2.35. The second-order valence-corrected chi connectivity index (χ2v) is 5.15. The Morgan fingerprint density at radius 2 is 2.11 bits per heavy atom. The number of carbonyl (C=O) groups excluding carboxylic acids is 2. The first-order valence-corrected chi connectivity index (χ1v) is 6.68. The van der Waals surface area contributed by atoms with Crippen LogP contribution in [0, 0.1) is 5.92 Å². The number of nitrogens with one attached hydrogen (secondary N) is 1. The minimum absolute atomic E-state index is 0.0878. The number of nitrogens with zero attached hydrogens (tertiary/aromatic N) is 1. The maximum absolute atomic E-state index is 12.1. The summed E-state index contributed by atoms with van der Waals surface area (Å²) >= 11 is 0. The standard InChI is InChI=1S/C13H22N2O4/c1-9(14-10(2)16)13(19)15-7-3-4-11(8-15)5-6-12(17)18/h9,11H,3-8H2,1-2H3,(H,14,16)(H,17,18). The smallest absolute Gasteiger partial charge is 0.303 e. The molecule has 108 valence electrons. The van der Waals surface area contributed by atoms with Crippen LogP contribution in [0.5, 0.6) is 0 Å². The lowest BCUT2D eigenvalue weighted by atomic mass is 9.93. The summed E-state index contributed by atoms with van der Waals surface area (Å²) in [7, 11) is 0. The zero-order valence-corrected chi connectivity index (χ0v) is 11.5. The average molecular weight is 270 g/mol. The van der Waals surface area contributed by atoms with Crippen LogP contribution in [0.1, 0.15) is 39.5 Å². The van der Waals surface area contributed by atoms with E-state index in [4.69, 9.17) is 5.11 Å². The summed E-state index contributed by atoms with van der Waals surface area (Å²) in [6, 6.07) is -0.518. The van der Waals surface area contributed by atoms with Crippen LogP contribution in [-0.2, 0) is 14.4 Å². The summed E-state index contributed by atoms with van der Waals surface area (Å²) in [4.78, 5) is 35.3. The predicted molar refractivity (Wildman–Crippen MR) is 69.5 cm³/mol. The van der Waals surface area contributed by atoms with Crippen molar-refractivity contribution < 1.29 is 19.5 Å². The van der Waals surface area contributed by atoms with Crippen LogP contribution in [0.4, 0.5) is 0 Å². The van der Waals surface area contributed by atoms with Crippen LogP contribution < -0.4 is 5.32 Å². The van der Waals surface area contributed by atoms with Crippen molar-refractivity contribution in [1.82, 2.24) is 10.2 Å². The molecule has 0 aromatic heterocycles. The molecule has 6 nitrogen and oxygen atoms in total. The molecule has 1 heterocycles. The molecule has 2 amide bonds. The van der Waals surface area contributed by atoms with Gasteiger partial charge in [-0.25, -0.2) is 0 Å². The second kappa shape index (κ2) is 7.11. The third-order valence-corrected chi connectivity index (χ3v) is 3.39. The van der Waals surface area contributed by atoms with Gasteiger partial charge in [0.2, 0.25) is 11.8 Å². The van der Waals surface area contributed by atoms with E-state index in [9.17, 15) is 14.4 Å². The Labute approximate surface area is 113 Å². The van der Waals surface area contributed by atoms with E-state index in [1.54, 1.807) is 11.8 Å². The van der Waals surface area contributed by atoms with E-state index in [0.29, 0.717) is 19.5 Å². The summed E-state index contributed by atoms with van der Waals surface area (Å²) in [6.07, 6.45) is 2.61. The van der Waals surface area contributed by atoms with Gasteiger partial charge in [0.25, 0.3) is 0 Å². The normalized spacial score (nSPS) is 20.7. The SMILES string of the molecule is CC(=O)NC(C)C(=O)N1CCCC(CCC(=O)O)C1. The minimum atomic E-state index is -0.796. The highest BCUT2D eigenvalue weighted by atomic mass is 16.4. The number of aliphatic carboxylic acids is 1. The molecule has 19 heavy (non-hydrogen) atoms. The Hall–Kier alpha value is -1.59. The Balaban J connectivity index is 2.47. The van der Waals surface area contributed by atoms with E-state index in [-0.39, 0.29) is 24.2 Å². The van der Waals surface area contributed by atoms with Crippen molar-refractivity contribution in [2.24, 2.45) is 5.92 Å². The number of carboxylic acid groups (broad SMARTS) is 1. The highest BCUT2D eigenvalue weighted by Crippen LogP contribution is 2.21. The quantitative estimate of drug-likeness (QED) is 0.766. The molecule has 6 heteroatoms. The topological polar surface area (TPSA) is 86.7 Å². The fourth-order valence-electron chi connectivity index (χ4n) is 2.47. The minimum Gasteiger partial charge on any atom is -0.481 e. The zero-order valence-electron chi connectivity index (χ0n) is 11.5. The number of likely N-dealkylation sites (tertiary alicyclic amines) is 1. The van der Waals surface area contributed by atoms with Crippen molar-refractivity contribution in [3.63, 3.8) is 0 Å². The molecule has 2 N–H and O–H groups in total. The third kappa shape index (κ3) is 5.28. The van der Waals surface area contributed by atoms with Crippen LogP contribution in [0.2, 0.25) is 0 Å². The van der Waals surface area contributed by atoms with Crippen LogP contribution in [0.25, 0.3) is 0 Å². The number of hydrogen-bond acceptors (Lipinski definition) is 3. The monoisotopic (exact) mass is 270 g/mol. The molecule has 0 saturated carbocycles. The van der Waals surface area contributed by atoms with E-state index in [1.807, 2.05) is 0 Å². The molecule has 1 fully saturated rings. The van der Waals surface area contributed by atoms with Gasteiger partial charge in [0, 0.05) is 26.4 Å². The maximum atomic E-state index is 12.1. The number of piperidine rings is 1. The Kier molecular flexibility index (Phi) is 5.79. The molecule has 2 atom stereocenters. The Bertz CT molecular complexity index is 357. The lowest BCUT2D eigenvalue weighted by Gasteiger charge is -2.34. The Morgan fingerprint density at radius 3 is 2.68 bits per heavy atom. The van der Waals surface area contributed by atoms with Crippen molar-refractivity contribution in [2.75, 3.05) is 13.1 Å². The third-order valence-electron chi connectivity index (χ3n) is 3.39. The first-order chi connectivity index (χ1) is 8.90. The van der Waals surface area contributed by atoms with Gasteiger partial charge in [-0.2, -0.15) is 0 Å². The summed E-state index contributed by atoms with van der Waals surface area (Å²) in [5, 5.41) is 11.3. The van der Waals surface area contributed by atoms with E-state index < -0.39 is 12.0 Å². The molecule has 1 rings (SSSR count). The van der Waals surface area contributed by atoms with Crippen LogP contribution in [0.3, 0.4) is 0 Å². The van der Waals surface area contributed by atoms with Gasteiger partial charge in [-0.15, -0.1) is 0 Å². The molecule has 1 aliphatic heterocycles. The zero-order chi connectivity index (χ0) is 14.4.